The fraction of sp³-hybridized carbons (Fsp3) is 0.0833. The van der Waals surface area contributed by atoms with Crippen LogP contribution in [-0.4, -0.2) is 32.7 Å². The second kappa shape index (κ2) is 9.45. The molecule has 0 radical (unpaired) electrons. The van der Waals surface area contributed by atoms with Crippen molar-refractivity contribution in [1.82, 2.24) is 20.3 Å². The number of hydrogen-bond donors (Lipinski definition) is 3. The minimum Gasteiger partial charge on any atom is -0.465 e. The van der Waals surface area contributed by atoms with Gasteiger partial charge >= 0.3 is 6.09 Å². The van der Waals surface area contributed by atoms with Crippen LogP contribution in [-0.2, 0) is 0 Å². The number of carbonyl (C=O) groups is 1. The lowest BCUT2D eigenvalue weighted by Gasteiger charge is -2.12. The molecule has 3 N–H and O–H groups in total. The van der Waals surface area contributed by atoms with Gasteiger partial charge in [0.05, 0.1) is 18.3 Å². The SMILES string of the molecule is Cc1cc(Nc2ncnc3ccc(C#CCNC(=O)O)cc23)ccc1Oc1cccnc1. The molecule has 0 aliphatic carbocycles. The highest BCUT2D eigenvalue weighted by Gasteiger charge is 2.08. The van der Waals surface area contributed by atoms with Crippen LogP contribution in [0.3, 0.4) is 0 Å². The average Bonchev–Trinajstić information content (AvgIpc) is 2.79. The number of benzene rings is 2. The van der Waals surface area contributed by atoms with Gasteiger partial charge in [-0.3, -0.25) is 4.98 Å². The highest BCUT2D eigenvalue weighted by atomic mass is 16.5. The van der Waals surface area contributed by atoms with E-state index in [2.05, 4.69) is 37.4 Å². The molecule has 0 aliphatic heterocycles. The lowest BCUT2D eigenvalue weighted by Crippen LogP contribution is -2.20. The Morgan fingerprint density at radius 2 is 2.06 bits per heavy atom. The van der Waals surface area contributed by atoms with Crippen molar-refractivity contribution in [3.8, 4) is 23.3 Å². The first-order chi connectivity index (χ1) is 15.6. The molecule has 158 valence electrons. The standard InChI is InChI=1S/C24H19N5O3/c1-16-12-18(7-9-22(16)32-19-5-3-10-25-14-19)29-23-20-13-17(4-2-11-26-24(30)31)6-8-21(20)27-15-28-23/h3,5-10,12-15,26H,11H2,1H3,(H,30,31)(H,27,28,29). The van der Waals surface area contributed by atoms with Crippen molar-refractivity contribution in [3.05, 3.63) is 78.4 Å². The lowest BCUT2D eigenvalue weighted by atomic mass is 10.1. The molecule has 2 aromatic heterocycles. The summed E-state index contributed by atoms with van der Waals surface area (Å²) in [6.07, 6.45) is 3.75. The number of carboxylic acid groups (broad SMARTS) is 1. The maximum atomic E-state index is 10.5. The number of anilines is 2. The predicted octanol–water partition coefficient (Wildman–Crippen LogP) is 4.49. The number of rotatable bonds is 5. The van der Waals surface area contributed by atoms with E-state index >= 15 is 0 Å². The third kappa shape index (κ3) is 5.09. The zero-order chi connectivity index (χ0) is 22.3. The molecule has 0 unspecified atom stereocenters. The van der Waals surface area contributed by atoms with Crippen molar-refractivity contribution in [2.75, 3.05) is 11.9 Å². The Hall–Kier alpha value is -4.64. The van der Waals surface area contributed by atoms with E-state index in [1.54, 1.807) is 12.4 Å². The smallest absolute Gasteiger partial charge is 0.405 e. The first-order valence-corrected chi connectivity index (χ1v) is 9.74. The number of fused-ring (bicyclic) bond motifs is 1. The molecule has 0 saturated heterocycles. The maximum Gasteiger partial charge on any atom is 0.405 e. The summed E-state index contributed by atoms with van der Waals surface area (Å²) in [7, 11) is 0. The summed E-state index contributed by atoms with van der Waals surface area (Å²) in [5.41, 5.74) is 3.31. The van der Waals surface area contributed by atoms with Crippen LogP contribution >= 0.6 is 0 Å². The Bertz CT molecular complexity index is 1330. The Morgan fingerprint density at radius 1 is 1.16 bits per heavy atom. The highest BCUT2D eigenvalue weighted by Crippen LogP contribution is 2.29. The van der Waals surface area contributed by atoms with Crippen LogP contribution in [0.2, 0.25) is 0 Å². The van der Waals surface area contributed by atoms with Crippen LogP contribution < -0.4 is 15.4 Å². The molecule has 1 amide bonds. The monoisotopic (exact) mass is 425 g/mol. The van der Waals surface area contributed by atoms with Crippen LogP contribution in [0.5, 0.6) is 11.5 Å². The van der Waals surface area contributed by atoms with Gasteiger partial charge in [-0.2, -0.15) is 0 Å². The second-order valence-corrected chi connectivity index (χ2v) is 6.81. The zero-order valence-electron chi connectivity index (χ0n) is 17.2. The number of nitrogens with zero attached hydrogens (tertiary/aromatic N) is 3. The van der Waals surface area contributed by atoms with Gasteiger partial charge in [-0.15, -0.1) is 0 Å². The van der Waals surface area contributed by atoms with E-state index < -0.39 is 6.09 Å². The van der Waals surface area contributed by atoms with Crippen LogP contribution in [0.1, 0.15) is 11.1 Å². The minimum absolute atomic E-state index is 0.0521. The molecule has 8 nitrogen and oxygen atoms in total. The van der Waals surface area contributed by atoms with Gasteiger partial charge in [0, 0.05) is 22.8 Å². The summed E-state index contributed by atoms with van der Waals surface area (Å²) in [5, 5.41) is 15.0. The summed E-state index contributed by atoms with van der Waals surface area (Å²) >= 11 is 0. The molecule has 0 saturated carbocycles. The molecule has 4 aromatic rings. The van der Waals surface area contributed by atoms with Crippen molar-refractivity contribution in [1.29, 1.82) is 0 Å². The third-order valence-electron chi connectivity index (χ3n) is 4.50. The van der Waals surface area contributed by atoms with E-state index in [9.17, 15) is 4.79 Å². The van der Waals surface area contributed by atoms with Gasteiger partial charge in [-0.25, -0.2) is 14.8 Å². The fourth-order valence-electron chi connectivity index (χ4n) is 3.01. The van der Waals surface area contributed by atoms with Gasteiger partial charge < -0.3 is 20.5 Å². The molecule has 0 atom stereocenters. The van der Waals surface area contributed by atoms with Crippen molar-refractivity contribution < 1.29 is 14.6 Å². The van der Waals surface area contributed by atoms with Crippen LogP contribution in [0.4, 0.5) is 16.3 Å². The first-order valence-electron chi connectivity index (χ1n) is 9.74. The molecule has 2 heterocycles. The number of aromatic nitrogens is 3. The molecular formula is C24H19N5O3. The maximum absolute atomic E-state index is 10.5. The fourth-order valence-corrected chi connectivity index (χ4v) is 3.01. The summed E-state index contributed by atoms with van der Waals surface area (Å²) in [5.74, 6) is 7.77. The van der Waals surface area contributed by atoms with Gasteiger partial charge in [-0.1, -0.05) is 11.8 Å². The van der Waals surface area contributed by atoms with E-state index in [0.29, 0.717) is 11.6 Å². The summed E-state index contributed by atoms with van der Waals surface area (Å²) < 4.78 is 5.89. The summed E-state index contributed by atoms with van der Waals surface area (Å²) in [6.45, 7) is 2.02. The molecule has 0 aliphatic rings. The topological polar surface area (TPSA) is 109 Å². The Labute approximate surface area is 184 Å². The zero-order valence-corrected chi connectivity index (χ0v) is 17.2. The molecule has 4 rings (SSSR count). The van der Waals surface area contributed by atoms with Crippen molar-refractivity contribution in [3.63, 3.8) is 0 Å². The lowest BCUT2D eigenvalue weighted by molar-refractivity contribution is 0.196. The van der Waals surface area contributed by atoms with E-state index in [-0.39, 0.29) is 6.54 Å². The van der Waals surface area contributed by atoms with Crippen LogP contribution in [0, 0.1) is 18.8 Å². The van der Waals surface area contributed by atoms with E-state index in [1.807, 2.05) is 55.5 Å². The molecule has 0 bridgehead atoms. The molecule has 32 heavy (non-hydrogen) atoms. The predicted molar refractivity (Wildman–Crippen MR) is 121 cm³/mol. The Morgan fingerprint density at radius 3 is 2.84 bits per heavy atom. The quantitative estimate of drug-likeness (QED) is 0.404. The van der Waals surface area contributed by atoms with Crippen LogP contribution in [0.25, 0.3) is 10.9 Å². The van der Waals surface area contributed by atoms with Crippen molar-refractivity contribution in [2.45, 2.75) is 6.92 Å². The average molecular weight is 425 g/mol. The highest BCUT2D eigenvalue weighted by molar-refractivity contribution is 5.91. The van der Waals surface area contributed by atoms with Gasteiger partial charge in [-0.05, 0) is 61.0 Å². The van der Waals surface area contributed by atoms with E-state index in [4.69, 9.17) is 9.84 Å². The largest absolute Gasteiger partial charge is 0.465 e. The normalized spacial score (nSPS) is 10.2. The van der Waals surface area contributed by atoms with E-state index in [0.717, 1.165) is 33.5 Å². The first kappa shape index (κ1) is 20.6. The number of hydrogen-bond acceptors (Lipinski definition) is 6. The molecule has 8 heteroatoms. The van der Waals surface area contributed by atoms with Gasteiger partial charge in [0.2, 0.25) is 0 Å². The van der Waals surface area contributed by atoms with E-state index in [1.165, 1.54) is 6.33 Å². The Kier molecular flexibility index (Phi) is 6.09. The second-order valence-electron chi connectivity index (χ2n) is 6.81. The third-order valence-corrected chi connectivity index (χ3v) is 4.50. The molecule has 0 fully saturated rings. The number of ether oxygens (including phenoxy) is 1. The van der Waals surface area contributed by atoms with Crippen LogP contribution in [0.15, 0.2) is 67.3 Å². The molecule has 2 aromatic carbocycles. The Balaban J connectivity index is 1.56. The number of amides is 1. The number of pyridine rings is 1. The van der Waals surface area contributed by atoms with Gasteiger partial charge in [0.1, 0.15) is 23.6 Å². The molecular weight excluding hydrogens is 406 g/mol. The number of nitrogens with one attached hydrogen (secondary N) is 2. The molecule has 0 spiro atoms. The van der Waals surface area contributed by atoms with Gasteiger partial charge in [0.15, 0.2) is 0 Å². The van der Waals surface area contributed by atoms with Crippen molar-refractivity contribution in [2.24, 2.45) is 0 Å². The minimum atomic E-state index is -1.11. The number of aryl methyl sites for hydroxylation is 1. The summed E-state index contributed by atoms with van der Waals surface area (Å²) in [6, 6.07) is 15.0. The summed E-state index contributed by atoms with van der Waals surface area (Å²) in [4.78, 5) is 23.3. The van der Waals surface area contributed by atoms with Gasteiger partial charge in [0.25, 0.3) is 0 Å². The van der Waals surface area contributed by atoms with Crippen molar-refractivity contribution >= 4 is 28.5 Å².